The molecule has 0 aliphatic carbocycles. The molecule has 0 fully saturated rings. The summed E-state index contributed by atoms with van der Waals surface area (Å²) in [4.78, 5) is 27.2. The van der Waals surface area contributed by atoms with E-state index in [-0.39, 0.29) is 11.6 Å². The minimum Gasteiger partial charge on any atom is -0.353 e. The van der Waals surface area contributed by atoms with E-state index in [1.165, 1.54) is 25.3 Å². The number of nitrogens with zero attached hydrogens (tertiary/aromatic N) is 3. The molecule has 0 atom stereocenters. The number of rotatable bonds is 4. The Hall–Kier alpha value is -3.39. The molecule has 0 saturated carbocycles. The number of halogens is 3. The molecule has 0 bridgehead atoms. The molecule has 4 aromatic rings. The zero-order chi connectivity index (χ0) is 20.5. The maximum atomic E-state index is 13.2. The van der Waals surface area contributed by atoms with Gasteiger partial charge in [0.2, 0.25) is 5.91 Å². The van der Waals surface area contributed by atoms with Crippen molar-refractivity contribution in [3.63, 3.8) is 0 Å². The Morgan fingerprint density at radius 3 is 2.79 bits per heavy atom. The van der Waals surface area contributed by atoms with Gasteiger partial charge in [0.15, 0.2) is 0 Å². The van der Waals surface area contributed by atoms with Gasteiger partial charge in [-0.25, -0.2) is 18.7 Å². The molecule has 0 aromatic carbocycles. The van der Waals surface area contributed by atoms with Crippen LogP contribution in [0.25, 0.3) is 33.5 Å². The zero-order valence-electron chi connectivity index (χ0n) is 15.1. The molecule has 4 rings (SSSR count). The standard InChI is InChI=1S/C20H14ClF2N5O/c1-10(29)26-16-7-11(5-6-24-16)18-17(13-3-2-4-14(27-13)20(22)23)19-15(28-18)8-12(21)9-25-19/h2-9,20,28H,1H3,(H,24,26,29). The lowest BCUT2D eigenvalue weighted by Crippen LogP contribution is -2.07. The summed E-state index contributed by atoms with van der Waals surface area (Å²) >= 11 is 6.07. The minimum atomic E-state index is -2.70. The van der Waals surface area contributed by atoms with Crippen molar-refractivity contribution in [2.75, 3.05) is 5.32 Å². The fourth-order valence-electron chi connectivity index (χ4n) is 3.06. The number of nitrogens with one attached hydrogen (secondary N) is 2. The number of carbonyl (C=O) groups is 1. The molecule has 6 nitrogen and oxygen atoms in total. The van der Waals surface area contributed by atoms with Crippen LogP contribution in [0.15, 0.2) is 48.8 Å². The number of hydrogen-bond donors (Lipinski definition) is 2. The number of aromatic amines is 1. The lowest BCUT2D eigenvalue weighted by atomic mass is 10.0. The number of carbonyl (C=O) groups excluding carboxylic acids is 1. The van der Waals surface area contributed by atoms with Crippen molar-refractivity contribution in [1.82, 2.24) is 19.9 Å². The van der Waals surface area contributed by atoms with Crippen LogP contribution in [0.3, 0.4) is 0 Å². The summed E-state index contributed by atoms with van der Waals surface area (Å²) < 4.78 is 26.4. The van der Waals surface area contributed by atoms with Crippen LogP contribution >= 0.6 is 11.6 Å². The predicted octanol–water partition coefficient (Wildman–Crippen LogP) is 5.24. The Labute approximate surface area is 169 Å². The summed E-state index contributed by atoms with van der Waals surface area (Å²) in [6.45, 7) is 1.38. The monoisotopic (exact) mass is 413 g/mol. The second-order valence-corrected chi connectivity index (χ2v) is 6.72. The summed E-state index contributed by atoms with van der Waals surface area (Å²) in [6.07, 6.45) is 0.328. The SMILES string of the molecule is CC(=O)Nc1cc(-c2[nH]c3cc(Cl)cnc3c2-c2cccc(C(F)F)n2)ccn1. The van der Waals surface area contributed by atoms with Crippen molar-refractivity contribution in [2.45, 2.75) is 13.3 Å². The lowest BCUT2D eigenvalue weighted by molar-refractivity contribution is -0.114. The van der Waals surface area contributed by atoms with Crippen molar-refractivity contribution < 1.29 is 13.6 Å². The largest absolute Gasteiger partial charge is 0.353 e. The molecule has 0 aliphatic heterocycles. The third-order valence-electron chi connectivity index (χ3n) is 4.20. The van der Waals surface area contributed by atoms with Gasteiger partial charge in [-0.15, -0.1) is 0 Å². The molecular formula is C20H14ClF2N5O. The highest BCUT2D eigenvalue weighted by Crippen LogP contribution is 2.38. The van der Waals surface area contributed by atoms with E-state index < -0.39 is 6.43 Å². The quantitative estimate of drug-likeness (QED) is 0.479. The second-order valence-electron chi connectivity index (χ2n) is 6.28. The van der Waals surface area contributed by atoms with E-state index in [4.69, 9.17) is 11.6 Å². The molecule has 29 heavy (non-hydrogen) atoms. The first-order valence-electron chi connectivity index (χ1n) is 8.59. The van der Waals surface area contributed by atoms with Gasteiger partial charge in [0.1, 0.15) is 11.5 Å². The van der Waals surface area contributed by atoms with Crippen molar-refractivity contribution >= 4 is 34.4 Å². The summed E-state index contributed by atoms with van der Waals surface area (Å²) in [5.74, 6) is 0.103. The number of aromatic nitrogens is 4. The first kappa shape index (κ1) is 18.9. The fraction of sp³-hybridized carbons (Fsp3) is 0.100. The molecule has 0 saturated heterocycles. The van der Waals surface area contributed by atoms with Gasteiger partial charge in [0, 0.05) is 24.9 Å². The van der Waals surface area contributed by atoms with Gasteiger partial charge in [0.05, 0.1) is 33.0 Å². The van der Waals surface area contributed by atoms with E-state index in [0.717, 1.165) is 0 Å². The smallest absolute Gasteiger partial charge is 0.280 e. The number of H-pyrrole nitrogens is 1. The van der Waals surface area contributed by atoms with E-state index in [0.29, 0.717) is 44.4 Å². The number of anilines is 1. The highest BCUT2D eigenvalue weighted by molar-refractivity contribution is 6.31. The molecule has 1 amide bonds. The molecule has 146 valence electrons. The van der Waals surface area contributed by atoms with Crippen LogP contribution in [0.4, 0.5) is 14.6 Å². The number of amides is 1. The van der Waals surface area contributed by atoms with Gasteiger partial charge < -0.3 is 10.3 Å². The van der Waals surface area contributed by atoms with Crippen molar-refractivity contribution in [1.29, 1.82) is 0 Å². The van der Waals surface area contributed by atoms with Gasteiger partial charge in [0.25, 0.3) is 6.43 Å². The molecule has 0 spiro atoms. The molecule has 0 unspecified atom stereocenters. The predicted molar refractivity (Wildman–Crippen MR) is 107 cm³/mol. The summed E-state index contributed by atoms with van der Waals surface area (Å²) in [6, 6.07) is 9.55. The van der Waals surface area contributed by atoms with E-state index >= 15 is 0 Å². The van der Waals surface area contributed by atoms with Crippen LogP contribution < -0.4 is 5.32 Å². The normalized spacial score (nSPS) is 11.2. The third kappa shape index (κ3) is 3.79. The van der Waals surface area contributed by atoms with Crippen LogP contribution in [-0.4, -0.2) is 25.8 Å². The third-order valence-corrected chi connectivity index (χ3v) is 4.41. The average Bonchev–Trinajstić information content (AvgIpc) is 3.06. The number of alkyl halides is 2. The molecule has 4 aromatic heterocycles. The van der Waals surface area contributed by atoms with Gasteiger partial charge in [-0.05, 0) is 30.3 Å². The number of hydrogen-bond acceptors (Lipinski definition) is 4. The first-order chi connectivity index (χ1) is 13.9. The Morgan fingerprint density at radius 2 is 2.03 bits per heavy atom. The van der Waals surface area contributed by atoms with Crippen LogP contribution in [-0.2, 0) is 4.79 Å². The number of fused-ring (bicyclic) bond motifs is 1. The summed E-state index contributed by atoms with van der Waals surface area (Å²) in [5.41, 5.74) is 3.02. The zero-order valence-corrected chi connectivity index (χ0v) is 15.8. The molecular weight excluding hydrogens is 400 g/mol. The minimum absolute atomic E-state index is 0.258. The summed E-state index contributed by atoms with van der Waals surface area (Å²) in [5, 5.41) is 3.06. The Balaban J connectivity index is 1.96. The number of pyridine rings is 3. The van der Waals surface area contributed by atoms with Crippen LogP contribution in [0.2, 0.25) is 5.02 Å². The molecule has 9 heteroatoms. The van der Waals surface area contributed by atoms with Gasteiger partial charge in [-0.1, -0.05) is 17.7 Å². The molecule has 2 N–H and O–H groups in total. The maximum absolute atomic E-state index is 13.2. The van der Waals surface area contributed by atoms with E-state index in [1.807, 2.05) is 0 Å². The van der Waals surface area contributed by atoms with E-state index in [9.17, 15) is 13.6 Å². The first-order valence-corrected chi connectivity index (χ1v) is 8.97. The molecule has 0 radical (unpaired) electrons. The molecule has 4 heterocycles. The maximum Gasteiger partial charge on any atom is 0.280 e. The topological polar surface area (TPSA) is 83.6 Å². The molecule has 0 aliphatic rings. The van der Waals surface area contributed by atoms with Crippen molar-refractivity contribution in [3.8, 4) is 22.5 Å². The van der Waals surface area contributed by atoms with E-state index in [1.54, 1.807) is 30.5 Å². The van der Waals surface area contributed by atoms with Gasteiger partial charge in [-0.3, -0.25) is 9.78 Å². The second kappa shape index (κ2) is 7.56. The van der Waals surface area contributed by atoms with Crippen molar-refractivity contribution in [2.24, 2.45) is 0 Å². The Bertz CT molecular complexity index is 1220. The fourth-order valence-corrected chi connectivity index (χ4v) is 3.22. The van der Waals surface area contributed by atoms with Gasteiger partial charge in [-0.2, -0.15) is 0 Å². The Morgan fingerprint density at radius 1 is 1.21 bits per heavy atom. The van der Waals surface area contributed by atoms with Crippen LogP contribution in [0.5, 0.6) is 0 Å². The van der Waals surface area contributed by atoms with Gasteiger partial charge >= 0.3 is 0 Å². The van der Waals surface area contributed by atoms with Crippen LogP contribution in [0, 0.1) is 0 Å². The van der Waals surface area contributed by atoms with Crippen molar-refractivity contribution in [3.05, 3.63) is 59.5 Å². The highest BCUT2D eigenvalue weighted by Gasteiger charge is 2.20. The Kier molecular flexibility index (Phi) is 4.94. The highest BCUT2D eigenvalue weighted by atomic mass is 35.5. The van der Waals surface area contributed by atoms with E-state index in [2.05, 4.69) is 25.3 Å². The average molecular weight is 414 g/mol. The summed E-state index contributed by atoms with van der Waals surface area (Å²) in [7, 11) is 0. The van der Waals surface area contributed by atoms with Crippen LogP contribution in [0.1, 0.15) is 19.0 Å². The lowest BCUT2D eigenvalue weighted by Gasteiger charge is -2.08.